The molecule has 0 aliphatic carbocycles. The van der Waals surface area contributed by atoms with Gasteiger partial charge in [-0.2, -0.15) is 0 Å². The number of carbonyl (C=O) groups is 1. The smallest absolute Gasteiger partial charge is 0.243 e. The molecule has 1 aliphatic heterocycles. The Morgan fingerprint density at radius 2 is 1.75 bits per heavy atom. The van der Waals surface area contributed by atoms with Crippen LogP contribution in [0.1, 0.15) is 51.4 Å². The molecule has 0 aromatic heterocycles. The molecule has 4 heteroatoms. The van der Waals surface area contributed by atoms with Crippen LogP contribution in [0.3, 0.4) is 0 Å². The highest BCUT2D eigenvalue weighted by atomic mass is 16.6. The van der Waals surface area contributed by atoms with Crippen LogP contribution in [0.2, 0.25) is 0 Å². The minimum absolute atomic E-state index is 0.0690. The molecule has 4 nitrogen and oxygen atoms in total. The van der Waals surface area contributed by atoms with Gasteiger partial charge in [0.1, 0.15) is 6.10 Å². The maximum Gasteiger partial charge on any atom is 0.243 e. The second kappa shape index (κ2) is 11.9. The van der Waals surface area contributed by atoms with Gasteiger partial charge in [-0.25, -0.2) is 0 Å². The lowest BCUT2D eigenvalue weighted by molar-refractivity contribution is -0.116. The van der Waals surface area contributed by atoms with Crippen molar-refractivity contribution >= 4 is 5.91 Å². The van der Waals surface area contributed by atoms with Crippen molar-refractivity contribution in [2.24, 2.45) is 0 Å². The molecule has 0 aromatic rings. The Kier molecular flexibility index (Phi) is 10.2. The Bertz CT molecular complexity index is 264. The summed E-state index contributed by atoms with van der Waals surface area (Å²) in [6.45, 7) is 6.74. The van der Waals surface area contributed by atoms with E-state index in [9.17, 15) is 4.79 Å². The van der Waals surface area contributed by atoms with E-state index in [0.29, 0.717) is 6.10 Å². The molecule has 116 valence electrons. The summed E-state index contributed by atoms with van der Waals surface area (Å²) in [5.74, 6) is -0.0690. The lowest BCUT2D eigenvalue weighted by Crippen LogP contribution is -2.21. The number of ether oxygens (including phenoxy) is 2. The van der Waals surface area contributed by atoms with Gasteiger partial charge >= 0.3 is 0 Å². The predicted octanol–water partition coefficient (Wildman–Crippen LogP) is 2.82. The van der Waals surface area contributed by atoms with Gasteiger partial charge in [0, 0.05) is 13.2 Å². The number of nitrogens with one attached hydrogen (secondary N) is 1. The number of carbonyl (C=O) groups excluding carboxylic acids is 1. The van der Waals surface area contributed by atoms with E-state index in [1.54, 1.807) is 0 Å². The highest BCUT2D eigenvalue weighted by Crippen LogP contribution is 2.10. The third-order valence-corrected chi connectivity index (χ3v) is 3.41. The summed E-state index contributed by atoms with van der Waals surface area (Å²) in [5.41, 5.74) is 0. The highest BCUT2D eigenvalue weighted by molar-refractivity contribution is 5.86. The molecule has 0 saturated carbocycles. The van der Waals surface area contributed by atoms with Gasteiger partial charge in [0.2, 0.25) is 5.91 Å². The topological polar surface area (TPSA) is 50.9 Å². The van der Waals surface area contributed by atoms with Crippen molar-refractivity contribution < 1.29 is 14.3 Å². The molecule has 1 atom stereocenters. The van der Waals surface area contributed by atoms with E-state index in [2.05, 4.69) is 11.9 Å². The quantitative estimate of drug-likeness (QED) is 0.303. The predicted molar refractivity (Wildman–Crippen MR) is 80.7 cm³/mol. The standard InChI is InChI=1S/C16H29NO3/c1-2-16(18)17-11-9-7-5-3-4-6-8-10-12-19-13-15-14-20-15/h2,15H,1,3-14H2,(H,17,18). The lowest BCUT2D eigenvalue weighted by Gasteiger charge is -2.04. The number of epoxide rings is 1. The van der Waals surface area contributed by atoms with Gasteiger partial charge in [-0.05, 0) is 18.9 Å². The molecule has 20 heavy (non-hydrogen) atoms. The number of hydrogen-bond donors (Lipinski definition) is 1. The van der Waals surface area contributed by atoms with Crippen LogP contribution in [0.5, 0.6) is 0 Å². The Morgan fingerprint density at radius 3 is 2.35 bits per heavy atom. The van der Waals surface area contributed by atoms with Crippen LogP contribution in [0.4, 0.5) is 0 Å². The van der Waals surface area contributed by atoms with Gasteiger partial charge in [0.05, 0.1) is 13.2 Å². The van der Waals surface area contributed by atoms with Crippen molar-refractivity contribution in [1.82, 2.24) is 5.32 Å². The molecule has 1 heterocycles. The fraction of sp³-hybridized carbons (Fsp3) is 0.812. The van der Waals surface area contributed by atoms with Crippen molar-refractivity contribution in [2.45, 2.75) is 57.5 Å². The van der Waals surface area contributed by atoms with Gasteiger partial charge in [0.25, 0.3) is 0 Å². The van der Waals surface area contributed by atoms with Gasteiger partial charge in [-0.3, -0.25) is 4.79 Å². The number of rotatable bonds is 14. The third-order valence-electron chi connectivity index (χ3n) is 3.41. The second-order valence-electron chi connectivity index (χ2n) is 5.35. The van der Waals surface area contributed by atoms with Crippen LogP contribution in [-0.2, 0) is 14.3 Å². The van der Waals surface area contributed by atoms with Crippen molar-refractivity contribution in [3.8, 4) is 0 Å². The fourth-order valence-corrected chi connectivity index (χ4v) is 2.05. The van der Waals surface area contributed by atoms with E-state index in [-0.39, 0.29) is 5.91 Å². The van der Waals surface area contributed by atoms with E-state index < -0.39 is 0 Å². The first kappa shape index (κ1) is 17.2. The molecule has 1 saturated heterocycles. The van der Waals surface area contributed by atoms with Crippen LogP contribution in [-0.4, -0.2) is 38.4 Å². The normalized spacial score (nSPS) is 16.9. The third kappa shape index (κ3) is 11.0. The van der Waals surface area contributed by atoms with Crippen LogP contribution < -0.4 is 5.32 Å². The van der Waals surface area contributed by atoms with E-state index in [1.165, 1.54) is 51.0 Å². The van der Waals surface area contributed by atoms with E-state index in [4.69, 9.17) is 9.47 Å². The van der Waals surface area contributed by atoms with Gasteiger partial charge in [-0.1, -0.05) is 45.1 Å². The van der Waals surface area contributed by atoms with Crippen molar-refractivity contribution in [1.29, 1.82) is 0 Å². The monoisotopic (exact) mass is 283 g/mol. The first-order valence-electron chi connectivity index (χ1n) is 7.92. The highest BCUT2D eigenvalue weighted by Gasteiger charge is 2.21. The van der Waals surface area contributed by atoms with Crippen molar-refractivity contribution in [2.75, 3.05) is 26.4 Å². The molecule has 1 fully saturated rings. The largest absolute Gasteiger partial charge is 0.379 e. The van der Waals surface area contributed by atoms with E-state index in [0.717, 1.165) is 32.8 Å². The fourth-order valence-electron chi connectivity index (χ4n) is 2.05. The average molecular weight is 283 g/mol. The SMILES string of the molecule is C=CC(=O)NCCCCCCCCCCOCC1CO1. The zero-order valence-corrected chi connectivity index (χ0v) is 12.6. The summed E-state index contributed by atoms with van der Waals surface area (Å²) in [5, 5.41) is 2.80. The lowest BCUT2D eigenvalue weighted by atomic mass is 10.1. The van der Waals surface area contributed by atoms with Crippen molar-refractivity contribution in [3.63, 3.8) is 0 Å². The van der Waals surface area contributed by atoms with E-state index >= 15 is 0 Å². The Hall–Kier alpha value is -0.870. The summed E-state index contributed by atoms with van der Waals surface area (Å²) in [6, 6.07) is 0. The molecule has 1 unspecified atom stereocenters. The summed E-state index contributed by atoms with van der Waals surface area (Å²) >= 11 is 0. The number of amides is 1. The molecule has 0 bridgehead atoms. The zero-order chi connectivity index (χ0) is 14.5. The Labute approximate surface area is 122 Å². The van der Waals surface area contributed by atoms with Crippen LogP contribution in [0, 0.1) is 0 Å². The minimum Gasteiger partial charge on any atom is -0.379 e. The molecular formula is C16H29NO3. The molecule has 1 N–H and O–H groups in total. The van der Waals surface area contributed by atoms with Crippen molar-refractivity contribution in [3.05, 3.63) is 12.7 Å². The van der Waals surface area contributed by atoms with Crippen LogP contribution in [0.25, 0.3) is 0 Å². The molecule has 1 rings (SSSR count). The Morgan fingerprint density at radius 1 is 1.15 bits per heavy atom. The molecule has 0 spiro atoms. The second-order valence-corrected chi connectivity index (χ2v) is 5.35. The maximum atomic E-state index is 10.9. The summed E-state index contributed by atoms with van der Waals surface area (Å²) in [7, 11) is 0. The average Bonchev–Trinajstić information content (AvgIpc) is 3.27. The first-order valence-corrected chi connectivity index (χ1v) is 7.92. The zero-order valence-electron chi connectivity index (χ0n) is 12.6. The van der Waals surface area contributed by atoms with Crippen LogP contribution in [0.15, 0.2) is 12.7 Å². The minimum atomic E-state index is -0.0690. The molecule has 0 aromatic carbocycles. The van der Waals surface area contributed by atoms with E-state index in [1.807, 2.05) is 0 Å². The summed E-state index contributed by atoms with van der Waals surface area (Å²) < 4.78 is 10.6. The molecular weight excluding hydrogens is 254 g/mol. The van der Waals surface area contributed by atoms with Crippen LogP contribution >= 0.6 is 0 Å². The van der Waals surface area contributed by atoms with Gasteiger partial charge in [0.15, 0.2) is 0 Å². The maximum absolute atomic E-state index is 10.9. The molecule has 0 radical (unpaired) electrons. The molecule has 1 amide bonds. The first-order chi connectivity index (χ1) is 9.83. The summed E-state index contributed by atoms with van der Waals surface area (Å²) in [4.78, 5) is 10.9. The number of hydrogen-bond acceptors (Lipinski definition) is 3. The summed E-state index contributed by atoms with van der Waals surface area (Å²) in [6.07, 6.45) is 11.6. The van der Waals surface area contributed by atoms with Gasteiger partial charge in [-0.15, -0.1) is 0 Å². The van der Waals surface area contributed by atoms with Gasteiger partial charge < -0.3 is 14.8 Å². The Balaban J connectivity index is 1.65. The molecule has 1 aliphatic rings. The number of unbranched alkanes of at least 4 members (excludes halogenated alkanes) is 7.